The van der Waals surface area contributed by atoms with E-state index in [1.165, 1.54) is 21.5 Å². The van der Waals surface area contributed by atoms with Crippen molar-refractivity contribution in [2.45, 2.75) is 39.9 Å². The zero-order chi connectivity index (χ0) is 25.1. The highest BCUT2D eigenvalue weighted by molar-refractivity contribution is 7.18. The Hall–Kier alpha value is -4.04. The summed E-state index contributed by atoms with van der Waals surface area (Å²) in [4.78, 5) is 31.7. The van der Waals surface area contributed by atoms with Gasteiger partial charge in [-0.2, -0.15) is 5.10 Å². The Balaban J connectivity index is 1.22. The number of hydrogen-bond donors (Lipinski definition) is 1. The minimum Gasteiger partial charge on any atom is -0.352 e. The molecule has 8 heteroatoms. The lowest BCUT2D eigenvalue weighted by atomic mass is 9.98. The Kier molecular flexibility index (Phi) is 6.77. The van der Waals surface area contributed by atoms with Crippen LogP contribution >= 0.6 is 11.3 Å². The first-order valence-electron chi connectivity index (χ1n) is 11.9. The van der Waals surface area contributed by atoms with Crippen molar-refractivity contribution >= 4 is 27.5 Å². The van der Waals surface area contributed by atoms with E-state index >= 15 is 0 Å². The number of benzene rings is 2. The van der Waals surface area contributed by atoms with Gasteiger partial charge in [-0.1, -0.05) is 48.5 Å². The van der Waals surface area contributed by atoms with Gasteiger partial charge >= 0.3 is 0 Å². The van der Waals surface area contributed by atoms with Crippen LogP contribution in [0.2, 0.25) is 0 Å². The molecule has 1 N–H and O–H groups in total. The third-order valence-corrected chi connectivity index (χ3v) is 7.51. The molecule has 3 aromatic heterocycles. The molecule has 0 radical (unpaired) electrons. The summed E-state index contributed by atoms with van der Waals surface area (Å²) in [5, 5.41) is 7.92. The first kappa shape index (κ1) is 23.7. The van der Waals surface area contributed by atoms with Gasteiger partial charge < -0.3 is 5.32 Å². The molecule has 0 aliphatic carbocycles. The molecule has 2 aromatic carbocycles. The number of aromatic nitrogens is 4. The molecule has 3 heterocycles. The summed E-state index contributed by atoms with van der Waals surface area (Å²) in [6, 6.07) is 18.4. The van der Waals surface area contributed by atoms with Crippen LogP contribution in [0.5, 0.6) is 0 Å². The molecule has 0 unspecified atom stereocenters. The highest BCUT2D eigenvalue weighted by Crippen LogP contribution is 2.26. The first-order valence-corrected chi connectivity index (χ1v) is 12.7. The van der Waals surface area contributed by atoms with Gasteiger partial charge in [0, 0.05) is 36.8 Å². The topological polar surface area (TPSA) is 81.8 Å². The van der Waals surface area contributed by atoms with E-state index in [0.717, 1.165) is 38.5 Å². The summed E-state index contributed by atoms with van der Waals surface area (Å²) < 4.78 is 3.42. The molecule has 0 fully saturated rings. The van der Waals surface area contributed by atoms with Crippen LogP contribution < -0.4 is 10.9 Å². The summed E-state index contributed by atoms with van der Waals surface area (Å²) in [6.45, 7) is 5.37. The SMILES string of the molecule is Cc1sc2ncn(CCC(=O)NCc3ccccc3-c3ccc(Cn4cccn4)cc3)c(=O)c2c1C. The van der Waals surface area contributed by atoms with Crippen molar-refractivity contribution in [2.24, 2.45) is 0 Å². The van der Waals surface area contributed by atoms with Gasteiger partial charge in [0.1, 0.15) is 4.83 Å². The van der Waals surface area contributed by atoms with Crippen molar-refractivity contribution in [1.29, 1.82) is 0 Å². The van der Waals surface area contributed by atoms with Crippen molar-refractivity contribution in [3.05, 3.63) is 105 Å². The number of nitrogens with zero attached hydrogens (tertiary/aromatic N) is 4. The molecule has 0 saturated carbocycles. The van der Waals surface area contributed by atoms with Crippen LogP contribution in [0.3, 0.4) is 0 Å². The van der Waals surface area contributed by atoms with Crippen LogP contribution in [-0.4, -0.2) is 25.2 Å². The summed E-state index contributed by atoms with van der Waals surface area (Å²) >= 11 is 1.52. The number of fused-ring (bicyclic) bond motifs is 1. The Morgan fingerprint density at radius 1 is 1.06 bits per heavy atom. The number of carbonyl (C=O) groups is 1. The second-order valence-electron chi connectivity index (χ2n) is 8.79. The maximum Gasteiger partial charge on any atom is 0.262 e. The molecule has 5 aromatic rings. The van der Waals surface area contributed by atoms with E-state index in [2.05, 4.69) is 45.7 Å². The lowest BCUT2D eigenvalue weighted by molar-refractivity contribution is -0.121. The first-order chi connectivity index (χ1) is 17.5. The monoisotopic (exact) mass is 497 g/mol. The van der Waals surface area contributed by atoms with Crippen molar-refractivity contribution in [1.82, 2.24) is 24.6 Å². The maximum atomic E-state index is 12.9. The number of aryl methyl sites for hydroxylation is 3. The molecule has 0 spiro atoms. The van der Waals surface area contributed by atoms with Crippen LogP contribution in [0.15, 0.2) is 78.1 Å². The average Bonchev–Trinajstić information content (AvgIpc) is 3.50. The van der Waals surface area contributed by atoms with Crippen LogP contribution in [0, 0.1) is 13.8 Å². The lowest BCUT2D eigenvalue weighted by Crippen LogP contribution is -2.27. The van der Waals surface area contributed by atoms with E-state index in [0.29, 0.717) is 18.5 Å². The zero-order valence-corrected chi connectivity index (χ0v) is 21.1. The number of rotatable bonds is 8. The highest BCUT2D eigenvalue weighted by atomic mass is 32.1. The quantitative estimate of drug-likeness (QED) is 0.337. The molecular formula is C28H27N5O2S. The van der Waals surface area contributed by atoms with Crippen molar-refractivity contribution in [3.63, 3.8) is 0 Å². The van der Waals surface area contributed by atoms with Gasteiger partial charge in [-0.25, -0.2) is 4.98 Å². The molecule has 0 atom stereocenters. The second kappa shape index (κ2) is 10.3. The van der Waals surface area contributed by atoms with Crippen LogP contribution in [0.4, 0.5) is 0 Å². The Labute approximate surface area is 213 Å². The van der Waals surface area contributed by atoms with Gasteiger partial charge in [-0.15, -0.1) is 11.3 Å². The molecule has 1 amide bonds. The summed E-state index contributed by atoms with van der Waals surface area (Å²) in [5.41, 5.74) is 5.27. The average molecular weight is 498 g/mol. The van der Waals surface area contributed by atoms with Crippen molar-refractivity contribution < 1.29 is 4.79 Å². The molecule has 0 aliphatic rings. The van der Waals surface area contributed by atoms with Gasteiger partial charge in [-0.3, -0.25) is 18.8 Å². The molecule has 0 saturated heterocycles. The molecule has 0 bridgehead atoms. The summed E-state index contributed by atoms with van der Waals surface area (Å²) in [6.07, 6.45) is 5.47. The fourth-order valence-corrected chi connectivity index (χ4v) is 5.25. The summed E-state index contributed by atoms with van der Waals surface area (Å²) in [5.74, 6) is -0.107. The number of nitrogens with one attached hydrogen (secondary N) is 1. The van der Waals surface area contributed by atoms with Gasteiger partial charge in [0.05, 0.1) is 18.3 Å². The Morgan fingerprint density at radius 3 is 2.64 bits per heavy atom. The van der Waals surface area contributed by atoms with Gasteiger partial charge in [0.15, 0.2) is 0 Å². The van der Waals surface area contributed by atoms with E-state index in [-0.39, 0.29) is 17.9 Å². The van der Waals surface area contributed by atoms with Crippen LogP contribution in [0.25, 0.3) is 21.3 Å². The smallest absolute Gasteiger partial charge is 0.262 e. The fraction of sp³-hybridized carbons (Fsp3) is 0.214. The number of amides is 1. The maximum absolute atomic E-state index is 12.9. The van der Waals surface area contributed by atoms with Crippen LogP contribution in [-0.2, 0) is 24.4 Å². The Morgan fingerprint density at radius 2 is 1.86 bits per heavy atom. The second-order valence-corrected chi connectivity index (χ2v) is 9.99. The number of hydrogen-bond acceptors (Lipinski definition) is 5. The number of carbonyl (C=O) groups excluding carboxylic acids is 1. The third-order valence-electron chi connectivity index (χ3n) is 6.40. The van der Waals surface area contributed by atoms with Gasteiger partial charge in [0.25, 0.3) is 5.56 Å². The molecule has 0 aliphatic heterocycles. The van der Waals surface area contributed by atoms with E-state index in [4.69, 9.17) is 0 Å². The molecule has 7 nitrogen and oxygen atoms in total. The molecule has 36 heavy (non-hydrogen) atoms. The van der Waals surface area contributed by atoms with Gasteiger partial charge in [-0.05, 0) is 47.7 Å². The van der Waals surface area contributed by atoms with E-state index in [1.54, 1.807) is 12.5 Å². The number of thiophene rings is 1. The summed E-state index contributed by atoms with van der Waals surface area (Å²) in [7, 11) is 0. The predicted molar refractivity (Wildman–Crippen MR) is 143 cm³/mol. The normalized spacial score (nSPS) is 11.2. The minimum absolute atomic E-state index is 0.0870. The van der Waals surface area contributed by atoms with E-state index in [1.807, 2.05) is 49.0 Å². The largest absolute Gasteiger partial charge is 0.352 e. The fourth-order valence-electron chi connectivity index (χ4n) is 4.26. The zero-order valence-electron chi connectivity index (χ0n) is 20.3. The van der Waals surface area contributed by atoms with Crippen LogP contribution in [0.1, 0.15) is 28.0 Å². The molecule has 5 rings (SSSR count). The lowest BCUT2D eigenvalue weighted by Gasteiger charge is -2.12. The minimum atomic E-state index is -0.107. The molecule has 182 valence electrons. The highest BCUT2D eigenvalue weighted by Gasteiger charge is 2.13. The van der Waals surface area contributed by atoms with E-state index in [9.17, 15) is 9.59 Å². The van der Waals surface area contributed by atoms with Gasteiger partial charge in [0.2, 0.25) is 5.91 Å². The van der Waals surface area contributed by atoms with Crippen molar-refractivity contribution in [2.75, 3.05) is 0 Å². The predicted octanol–water partition coefficient (Wildman–Crippen LogP) is 4.69. The standard InChI is InChI=1S/C28H27N5O2S/c1-19-20(2)36-27-26(19)28(35)32(18-30-27)15-12-25(34)29-16-23-6-3-4-7-24(23)22-10-8-21(9-11-22)17-33-14-5-13-31-33/h3-11,13-14,18H,12,15-17H2,1-2H3,(H,29,34). The van der Waals surface area contributed by atoms with E-state index < -0.39 is 0 Å². The van der Waals surface area contributed by atoms with Crippen molar-refractivity contribution in [3.8, 4) is 11.1 Å². The third kappa shape index (κ3) is 4.99. The Bertz CT molecular complexity index is 1570. The molecular weight excluding hydrogens is 470 g/mol.